The van der Waals surface area contributed by atoms with E-state index in [4.69, 9.17) is 0 Å². The predicted molar refractivity (Wildman–Crippen MR) is 53.7 cm³/mol. The first-order valence-electron chi connectivity index (χ1n) is 4.94. The van der Waals surface area contributed by atoms with Gasteiger partial charge in [0.1, 0.15) is 0 Å². The van der Waals surface area contributed by atoms with Gasteiger partial charge < -0.3 is 5.32 Å². The van der Waals surface area contributed by atoms with Crippen LogP contribution in [0.4, 0.5) is 0 Å². The van der Waals surface area contributed by atoms with E-state index in [2.05, 4.69) is 30.2 Å². The molecule has 1 aliphatic heterocycles. The van der Waals surface area contributed by atoms with E-state index in [9.17, 15) is 0 Å². The maximum atomic E-state index is 4.38. The predicted octanol–water partition coefficient (Wildman–Crippen LogP) is 2.12. The van der Waals surface area contributed by atoms with Gasteiger partial charge in [-0.2, -0.15) is 0 Å². The van der Waals surface area contributed by atoms with Crippen LogP contribution < -0.4 is 5.32 Å². The van der Waals surface area contributed by atoms with Gasteiger partial charge in [-0.15, -0.1) is 0 Å². The minimum absolute atomic E-state index is 0.548. The van der Waals surface area contributed by atoms with Crippen LogP contribution >= 0.6 is 0 Å². The normalized spacial score (nSPS) is 22.2. The molecule has 0 aliphatic carbocycles. The molecular weight excluding hydrogens is 160 g/mol. The Morgan fingerprint density at radius 2 is 2.31 bits per heavy atom. The Bertz CT molecular complexity index is 301. The van der Waals surface area contributed by atoms with Crippen molar-refractivity contribution >= 4 is 0 Å². The first-order valence-corrected chi connectivity index (χ1v) is 4.94. The molecule has 0 amide bonds. The number of nitrogens with zero attached hydrogens (tertiary/aromatic N) is 1. The average molecular weight is 176 g/mol. The molecule has 1 saturated heterocycles. The lowest BCUT2D eigenvalue weighted by molar-refractivity contribution is 0.643. The first kappa shape index (κ1) is 8.70. The third-order valence-electron chi connectivity index (χ3n) is 2.82. The Morgan fingerprint density at radius 3 is 2.92 bits per heavy atom. The zero-order valence-electron chi connectivity index (χ0n) is 8.30. The van der Waals surface area contributed by atoms with Gasteiger partial charge in [0.05, 0.1) is 0 Å². The Hall–Kier alpha value is -0.890. The monoisotopic (exact) mass is 176 g/mol. The molecule has 2 heteroatoms. The Kier molecular flexibility index (Phi) is 2.32. The molecule has 13 heavy (non-hydrogen) atoms. The van der Waals surface area contributed by atoms with Crippen LogP contribution in [0.25, 0.3) is 0 Å². The quantitative estimate of drug-likeness (QED) is 0.709. The fraction of sp³-hybridized carbons (Fsp3) is 0.545. The minimum atomic E-state index is 0.548. The van der Waals surface area contributed by atoms with Crippen LogP contribution in [0.3, 0.4) is 0 Å². The summed E-state index contributed by atoms with van der Waals surface area (Å²) in [5, 5.41) is 3.48. The van der Waals surface area contributed by atoms with Gasteiger partial charge in [0.2, 0.25) is 0 Å². The van der Waals surface area contributed by atoms with Gasteiger partial charge in [-0.25, -0.2) is 0 Å². The Morgan fingerprint density at radius 1 is 1.46 bits per heavy atom. The number of hydrogen-bond donors (Lipinski definition) is 1. The lowest BCUT2D eigenvalue weighted by atomic mass is 10.0. The van der Waals surface area contributed by atoms with Gasteiger partial charge in [0.15, 0.2) is 0 Å². The maximum Gasteiger partial charge on any atom is 0.0402 e. The first-order chi connectivity index (χ1) is 6.27. The van der Waals surface area contributed by atoms with E-state index in [-0.39, 0.29) is 0 Å². The molecule has 1 aromatic heterocycles. The summed E-state index contributed by atoms with van der Waals surface area (Å²) in [6.07, 6.45) is 4.55. The van der Waals surface area contributed by atoms with E-state index in [0.29, 0.717) is 6.04 Å². The highest BCUT2D eigenvalue weighted by atomic mass is 14.9. The third-order valence-corrected chi connectivity index (χ3v) is 2.82. The van der Waals surface area contributed by atoms with Crippen LogP contribution in [0.5, 0.6) is 0 Å². The van der Waals surface area contributed by atoms with Gasteiger partial charge in [-0.05, 0) is 44.4 Å². The van der Waals surface area contributed by atoms with Crippen molar-refractivity contribution in [2.75, 3.05) is 6.54 Å². The fourth-order valence-electron chi connectivity index (χ4n) is 1.82. The van der Waals surface area contributed by atoms with Crippen molar-refractivity contribution in [1.29, 1.82) is 0 Å². The highest BCUT2D eigenvalue weighted by molar-refractivity contribution is 5.25. The number of aromatic nitrogens is 1. The summed E-state index contributed by atoms with van der Waals surface area (Å²) in [6, 6.07) is 2.80. The molecule has 1 aromatic rings. The van der Waals surface area contributed by atoms with Crippen molar-refractivity contribution in [3.05, 3.63) is 29.1 Å². The van der Waals surface area contributed by atoms with Gasteiger partial charge >= 0.3 is 0 Å². The number of rotatable bonds is 1. The van der Waals surface area contributed by atoms with Crippen molar-refractivity contribution in [3.8, 4) is 0 Å². The van der Waals surface area contributed by atoms with E-state index in [1.807, 2.05) is 6.20 Å². The second-order valence-electron chi connectivity index (χ2n) is 3.82. The zero-order valence-corrected chi connectivity index (χ0v) is 8.30. The summed E-state index contributed by atoms with van der Waals surface area (Å²) in [4.78, 5) is 4.38. The summed E-state index contributed by atoms with van der Waals surface area (Å²) < 4.78 is 0. The summed E-state index contributed by atoms with van der Waals surface area (Å²) in [5.41, 5.74) is 3.79. The maximum absolute atomic E-state index is 4.38. The van der Waals surface area contributed by atoms with Crippen molar-refractivity contribution < 1.29 is 0 Å². The van der Waals surface area contributed by atoms with Crippen LogP contribution in [-0.4, -0.2) is 11.5 Å². The second kappa shape index (κ2) is 3.46. The minimum Gasteiger partial charge on any atom is -0.310 e. The van der Waals surface area contributed by atoms with E-state index in [1.54, 1.807) is 0 Å². The molecule has 0 bridgehead atoms. The average Bonchev–Trinajstić information content (AvgIpc) is 2.62. The van der Waals surface area contributed by atoms with E-state index >= 15 is 0 Å². The van der Waals surface area contributed by atoms with Crippen molar-refractivity contribution in [1.82, 2.24) is 10.3 Å². The molecule has 1 N–H and O–H groups in total. The van der Waals surface area contributed by atoms with Gasteiger partial charge in [0, 0.05) is 17.9 Å². The SMILES string of the molecule is Cc1cc(C2CCCN2)cnc1C. The fourth-order valence-corrected chi connectivity index (χ4v) is 1.82. The molecule has 70 valence electrons. The van der Waals surface area contributed by atoms with Crippen LogP contribution in [0, 0.1) is 13.8 Å². The van der Waals surface area contributed by atoms with E-state index in [1.165, 1.54) is 24.0 Å². The van der Waals surface area contributed by atoms with E-state index < -0.39 is 0 Å². The van der Waals surface area contributed by atoms with Crippen molar-refractivity contribution in [2.24, 2.45) is 0 Å². The lowest BCUT2D eigenvalue weighted by Gasteiger charge is -2.11. The standard InChI is InChI=1S/C11H16N2/c1-8-6-10(7-13-9(8)2)11-4-3-5-12-11/h6-7,11-12H,3-5H2,1-2H3. The summed E-state index contributed by atoms with van der Waals surface area (Å²) in [5.74, 6) is 0. The number of aryl methyl sites for hydroxylation is 2. The topological polar surface area (TPSA) is 24.9 Å². The number of pyridine rings is 1. The van der Waals surface area contributed by atoms with E-state index in [0.717, 1.165) is 12.2 Å². The molecule has 0 aromatic carbocycles. The third kappa shape index (κ3) is 1.73. The molecule has 0 spiro atoms. The molecule has 1 fully saturated rings. The Balaban J connectivity index is 2.25. The number of hydrogen-bond acceptors (Lipinski definition) is 2. The van der Waals surface area contributed by atoms with Crippen LogP contribution in [0.2, 0.25) is 0 Å². The van der Waals surface area contributed by atoms with Crippen molar-refractivity contribution in [3.63, 3.8) is 0 Å². The second-order valence-corrected chi connectivity index (χ2v) is 3.82. The van der Waals surface area contributed by atoms with Gasteiger partial charge in [0.25, 0.3) is 0 Å². The molecule has 2 nitrogen and oxygen atoms in total. The molecule has 2 heterocycles. The molecule has 1 unspecified atom stereocenters. The molecule has 1 atom stereocenters. The number of nitrogens with one attached hydrogen (secondary N) is 1. The van der Waals surface area contributed by atoms with Crippen LogP contribution in [0.1, 0.15) is 35.7 Å². The highest BCUT2D eigenvalue weighted by Gasteiger charge is 2.16. The molecule has 0 saturated carbocycles. The van der Waals surface area contributed by atoms with Crippen LogP contribution in [0.15, 0.2) is 12.3 Å². The highest BCUT2D eigenvalue weighted by Crippen LogP contribution is 2.23. The molecular formula is C11H16N2. The van der Waals surface area contributed by atoms with Gasteiger partial charge in [-0.3, -0.25) is 4.98 Å². The molecule has 1 aliphatic rings. The smallest absolute Gasteiger partial charge is 0.0402 e. The largest absolute Gasteiger partial charge is 0.310 e. The summed E-state index contributed by atoms with van der Waals surface area (Å²) >= 11 is 0. The molecule has 2 rings (SSSR count). The van der Waals surface area contributed by atoms with Gasteiger partial charge in [-0.1, -0.05) is 6.07 Å². The zero-order chi connectivity index (χ0) is 9.26. The summed E-state index contributed by atoms with van der Waals surface area (Å²) in [7, 11) is 0. The van der Waals surface area contributed by atoms with Crippen LogP contribution in [-0.2, 0) is 0 Å². The molecule has 0 radical (unpaired) electrons. The van der Waals surface area contributed by atoms with Crippen molar-refractivity contribution in [2.45, 2.75) is 32.7 Å². The lowest BCUT2D eigenvalue weighted by Crippen LogP contribution is -2.13. The summed E-state index contributed by atoms with van der Waals surface area (Å²) in [6.45, 7) is 5.33. The Labute approximate surface area is 79.4 Å².